The Hall–Kier alpha value is -0.940. The minimum atomic E-state index is -0.529. The van der Waals surface area contributed by atoms with Crippen molar-refractivity contribution in [3.8, 4) is 0 Å². The Morgan fingerprint density at radius 3 is 2.60 bits per heavy atom. The Morgan fingerprint density at radius 2 is 2.05 bits per heavy atom. The van der Waals surface area contributed by atoms with Gasteiger partial charge in [0.1, 0.15) is 5.82 Å². The Kier molecular flexibility index (Phi) is 5.71. The van der Waals surface area contributed by atoms with Crippen LogP contribution < -0.4 is 5.32 Å². The van der Waals surface area contributed by atoms with Gasteiger partial charge in [-0.3, -0.25) is 4.79 Å². The van der Waals surface area contributed by atoms with Crippen molar-refractivity contribution in [2.75, 3.05) is 6.54 Å². The summed E-state index contributed by atoms with van der Waals surface area (Å²) in [6.45, 7) is 7.94. The number of rotatable bonds is 5. The van der Waals surface area contributed by atoms with Gasteiger partial charge >= 0.3 is 0 Å². The van der Waals surface area contributed by atoms with Crippen LogP contribution in [0.1, 0.15) is 38.1 Å². The van der Waals surface area contributed by atoms with Crippen molar-refractivity contribution < 1.29 is 14.3 Å². The highest BCUT2D eigenvalue weighted by Crippen LogP contribution is 2.25. The van der Waals surface area contributed by atoms with Gasteiger partial charge < -0.3 is 10.4 Å². The van der Waals surface area contributed by atoms with Crippen LogP contribution in [0.2, 0.25) is 0 Å². The van der Waals surface area contributed by atoms with Crippen LogP contribution in [-0.4, -0.2) is 23.7 Å². The summed E-state index contributed by atoms with van der Waals surface area (Å²) in [5.74, 6) is -0.719. The zero-order valence-electron chi connectivity index (χ0n) is 12.2. The normalized spacial score (nSPS) is 13.4. The number of amides is 1. The molecule has 0 heterocycles. The van der Waals surface area contributed by atoms with Crippen molar-refractivity contribution in [2.45, 2.75) is 33.8 Å². The second-order valence-corrected chi connectivity index (χ2v) is 6.84. The predicted octanol–water partition coefficient (Wildman–Crippen LogP) is 3.36. The van der Waals surface area contributed by atoms with E-state index in [1.807, 2.05) is 27.7 Å². The highest BCUT2D eigenvalue weighted by atomic mass is 79.9. The Labute approximate surface area is 127 Å². The quantitative estimate of drug-likeness (QED) is 0.859. The van der Waals surface area contributed by atoms with Crippen molar-refractivity contribution in [3.63, 3.8) is 0 Å². The van der Waals surface area contributed by atoms with E-state index in [1.165, 1.54) is 18.2 Å². The Bertz CT molecular complexity index is 489. The first kappa shape index (κ1) is 17.1. The number of carbonyl (C=O) groups excluding carboxylic acids is 1. The van der Waals surface area contributed by atoms with E-state index in [0.29, 0.717) is 11.0 Å². The van der Waals surface area contributed by atoms with Gasteiger partial charge in [0.2, 0.25) is 0 Å². The van der Waals surface area contributed by atoms with Gasteiger partial charge in [0.25, 0.3) is 5.91 Å². The summed E-state index contributed by atoms with van der Waals surface area (Å²) < 4.78 is 13.7. The molecule has 0 saturated carbocycles. The summed E-state index contributed by atoms with van der Waals surface area (Å²) in [5.41, 5.74) is -0.205. The lowest BCUT2D eigenvalue weighted by Crippen LogP contribution is -2.43. The van der Waals surface area contributed by atoms with Crippen molar-refractivity contribution in [3.05, 3.63) is 34.1 Å². The first-order valence-electron chi connectivity index (χ1n) is 6.56. The maximum absolute atomic E-state index is 13.2. The molecule has 0 aromatic heterocycles. The topological polar surface area (TPSA) is 49.3 Å². The summed E-state index contributed by atoms with van der Waals surface area (Å²) in [6, 6.07) is 3.97. The monoisotopic (exact) mass is 345 g/mol. The number of benzene rings is 1. The molecule has 20 heavy (non-hydrogen) atoms. The van der Waals surface area contributed by atoms with Crippen LogP contribution >= 0.6 is 15.9 Å². The average molecular weight is 346 g/mol. The van der Waals surface area contributed by atoms with Gasteiger partial charge in [-0.05, 0) is 40.0 Å². The molecule has 1 rings (SSSR count). The minimum Gasteiger partial charge on any atom is -0.392 e. The fourth-order valence-corrected chi connectivity index (χ4v) is 2.51. The van der Waals surface area contributed by atoms with E-state index in [2.05, 4.69) is 21.2 Å². The standard InChI is InChI=1S/C15H21BrFNO2/c1-9(2)13(19)15(3,4)8-18-14(20)11-7-10(17)5-6-12(11)16/h5-7,9,13,19H,8H2,1-4H3,(H,18,20). The van der Waals surface area contributed by atoms with Gasteiger partial charge in [0.15, 0.2) is 0 Å². The Morgan fingerprint density at radius 1 is 1.45 bits per heavy atom. The zero-order chi connectivity index (χ0) is 15.5. The highest BCUT2D eigenvalue weighted by molar-refractivity contribution is 9.10. The van der Waals surface area contributed by atoms with Crippen molar-refractivity contribution in [1.82, 2.24) is 5.32 Å². The maximum atomic E-state index is 13.2. The van der Waals surface area contributed by atoms with Crippen LogP contribution in [0.5, 0.6) is 0 Å². The first-order valence-corrected chi connectivity index (χ1v) is 7.36. The molecule has 1 amide bonds. The van der Waals surface area contributed by atoms with Gasteiger partial charge in [0, 0.05) is 16.4 Å². The van der Waals surface area contributed by atoms with Crippen molar-refractivity contribution in [1.29, 1.82) is 0 Å². The molecule has 112 valence electrons. The smallest absolute Gasteiger partial charge is 0.252 e. The second-order valence-electron chi connectivity index (χ2n) is 5.98. The average Bonchev–Trinajstić information content (AvgIpc) is 2.37. The fraction of sp³-hybridized carbons (Fsp3) is 0.533. The van der Waals surface area contributed by atoms with Gasteiger partial charge in [0.05, 0.1) is 11.7 Å². The van der Waals surface area contributed by atoms with E-state index >= 15 is 0 Å². The summed E-state index contributed by atoms with van der Waals surface area (Å²) in [5, 5.41) is 12.9. The van der Waals surface area contributed by atoms with E-state index in [1.54, 1.807) is 0 Å². The molecular formula is C15H21BrFNO2. The molecule has 0 aliphatic carbocycles. The van der Waals surface area contributed by atoms with E-state index in [-0.39, 0.29) is 17.4 Å². The van der Waals surface area contributed by atoms with Gasteiger partial charge in [-0.25, -0.2) is 4.39 Å². The molecule has 0 radical (unpaired) electrons. The van der Waals surface area contributed by atoms with Crippen LogP contribution in [-0.2, 0) is 0 Å². The molecule has 0 aliphatic heterocycles. The van der Waals surface area contributed by atoms with Crippen LogP contribution in [0, 0.1) is 17.2 Å². The molecule has 0 spiro atoms. The summed E-state index contributed by atoms with van der Waals surface area (Å²) in [6.07, 6.45) is -0.529. The lowest BCUT2D eigenvalue weighted by molar-refractivity contribution is 0.0138. The van der Waals surface area contributed by atoms with Gasteiger partial charge in [-0.1, -0.05) is 27.7 Å². The first-order chi connectivity index (χ1) is 9.15. The number of nitrogens with one attached hydrogen (secondary N) is 1. The molecule has 0 saturated heterocycles. The molecule has 0 aliphatic rings. The van der Waals surface area contributed by atoms with Crippen LogP contribution in [0.4, 0.5) is 4.39 Å². The lowest BCUT2D eigenvalue weighted by atomic mass is 9.80. The van der Waals surface area contributed by atoms with Gasteiger partial charge in [-0.15, -0.1) is 0 Å². The molecule has 1 unspecified atom stereocenters. The minimum absolute atomic E-state index is 0.0998. The van der Waals surface area contributed by atoms with Crippen LogP contribution in [0.15, 0.2) is 22.7 Å². The van der Waals surface area contributed by atoms with Crippen LogP contribution in [0.25, 0.3) is 0 Å². The van der Waals surface area contributed by atoms with Gasteiger partial charge in [-0.2, -0.15) is 0 Å². The molecular weight excluding hydrogens is 325 g/mol. The Balaban J connectivity index is 2.75. The largest absolute Gasteiger partial charge is 0.392 e. The summed E-state index contributed by atoms with van der Waals surface area (Å²) in [4.78, 5) is 12.1. The number of carbonyl (C=O) groups is 1. The van der Waals surface area contributed by atoms with E-state index < -0.39 is 17.3 Å². The maximum Gasteiger partial charge on any atom is 0.252 e. The van der Waals surface area contributed by atoms with Crippen LogP contribution in [0.3, 0.4) is 0 Å². The molecule has 1 atom stereocenters. The second kappa shape index (κ2) is 6.68. The highest BCUT2D eigenvalue weighted by Gasteiger charge is 2.30. The molecule has 1 aromatic carbocycles. The molecule has 0 fully saturated rings. The molecule has 5 heteroatoms. The van der Waals surface area contributed by atoms with E-state index in [0.717, 1.165) is 0 Å². The number of hydrogen-bond donors (Lipinski definition) is 2. The lowest BCUT2D eigenvalue weighted by Gasteiger charge is -2.33. The fourth-order valence-electron chi connectivity index (χ4n) is 2.08. The zero-order valence-corrected chi connectivity index (χ0v) is 13.8. The molecule has 0 bridgehead atoms. The van der Waals surface area contributed by atoms with E-state index in [9.17, 15) is 14.3 Å². The summed E-state index contributed by atoms with van der Waals surface area (Å²) >= 11 is 3.23. The van der Waals surface area contributed by atoms with E-state index in [4.69, 9.17) is 0 Å². The third-order valence-corrected chi connectivity index (χ3v) is 4.00. The molecule has 1 aromatic rings. The van der Waals surface area contributed by atoms with Crippen molar-refractivity contribution >= 4 is 21.8 Å². The molecule has 3 nitrogen and oxygen atoms in total. The number of halogens is 2. The predicted molar refractivity (Wildman–Crippen MR) is 81.1 cm³/mol. The number of hydrogen-bond acceptors (Lipinski definition) is 2. The summed E-state index contributed by atoms with van der Waals surface area (Å²) in [7, 11) is 0. The SMILES string of the molecule is CC(C)C(O)C(C)(C)CNC(=O)c1cc(F)ccc1Br. The third-order valence-electron chi connectivity index (χ3n) is 3.31. The third kappa shape index (κ3) is 4.28. The number of aliphatic hydroxyl groups excluding tert-OH is 1. The molecule has 2 N–H and O–H groups in total. The number of aliphatic hydroxyl groups is 1. The van der Waals surface area contributed by atoms with Crippen molar-refractivity contribution in [2.24, 2.45) is 11.3 Å².